The first-order valence-electron chi connectivity index (χ1n) is 5.37. The fourth-order valence-corrected chi connectivity index (χ4v) is 1.60. The van der Waals surface area contributed by atoms with Gasteiger partial charge in [-0.05, 0) is 0 Å². The zero-order chi connectivity index (χ0) is 12.4. The van der Waals surface area contributed by atoms with Gasteiger partial charge in [-0.15, -0.1) is 0 Å². The predicted molar refractivity (Wildman–Crippen MR) is 64.2 cm³/mol. The van der Waals surface area contributed by atoms with Crippen molar-refractivity contribution in [1.29, 1.82) is 0 Å². The van der Waals surface area contributed by atoms with E-state index in [1.165, 1.54) is 6.39 Å². The molecule has 0 saturated heterocycles. The zero-order valence-electron chi connectivity index (χ0n) is 9.66. The Morgan fingerprint density at radius 2 is 2.33 bits per heavy atom. The summed E-state index contributed by atoms with van der Waals surface area (Å²) >= 11 is 0. The molecule has 8 heteroatoms. The van der Waals surface area contributed by atoms with Crippen LogP contribution in [0.3, 0.4) is 0 Å². The summed E-state index contributed by atoms with van der Waals surface area (Å²) in [6.07, 6.45) is 6.73. The molecule has 3 aromatic rings. The average molecular weight is 245 g/mol. The van der Waals surface area contributed by atoms with Crippen LogP contribution in [0.4, 0.5) is 11.6 Å². The Hall–Kier alpha value is -2.64. The van der Waals surface area contributed by atoms with Crippen LogP contribution in [0.5, 0.6) is 0 Å². The van der Waals surface area contributed by atoms with E-state index in [1.807, 2.05) is 23.8 Å². The van der Waals surface area contributed by atoms with Crippen molar-refractivity contribution in [2.75, 3.05) is 17.7 Å². The van der Waals surface area contributed by atoms with Gasteiger partial charge in [0.05, 0.1) is 12.7 Å². The highest BCUT2D eigenvalue weighted by Gasteiger charge is 2.07. The minimum absolute atomic E-state index is 0.430. The number of fused-ring (bicyclic) bond motifs is 1. The minimum atomic E-state index is 0.430. The monoisotopic (exact) mass is 245 g/mol. The number of nitrogens with one attached hydrogen (secondary N) is 2. The fraction of sp³-hybridized carbons (Fsp3) is 0.200. The van der Waals surface area contributed by atoms with Crippen molar-refractivity contribution in [2.45, 2.75) is 6.54 Å². The number of anilines is 2. The highest BCUT2D eigenvalue weighted by molar-refractivity contribution is 5.65. The molecule has 3 aromatic heterocycles. The van der Waals surface area contributed by atoms with Gasteiger partial charge in [-0.3, -0.25) is 0 Å². The Bertz CT molecular complexity index is 645. The first-order chi connectivity index (χ1) is 8.86. The van der Waals surface area contributed by atoms with Crippen molar-refractivity contribution in [2.24, 2.45) is 0 Å². The molecule has 3 heterocycles. The molecule has 18 heavy (non-hydrogen) atoms. The average Bonchev–Trinajstić information content (AvgIpc) is 3.06. The molecule has 0 fully saturated rings. The molecule has 0 atom stereocenters. The summed E-state index contributed by atoms with van der Waals surface area (Å²) in [6, 6.07) is 0. The number of hydrogen-bond donors (Lipinski definition) is 2. The highest BCUT2D eigenvalue weighted by Crippen LogP contribution is 2.16. The SMILES string of the molecule is CNc1cn2ccnc2c(NCc2ncon2)n1. The maximum absolute atomic E-state index is 4.67. The van der Waals surface area contributed by atoms with Gasteiger partial charge in [-0.2, -0.15) is 4.98 Å². The van der Waals surface area contributed by atoms with Crippen molar-refractivity contribution in [3.8, 4) is 0 Å². The maximum atomic E-state index is 4.67. The van der Waals surface area contributed by atoms with E-state index in [9.17, 15) is 0 Å². The summed E-state index contributed by atoms with van der Waals surface area (Å²) in [7, 11) is 1.81. The second-order valence-corrected chi connectivity index (χ2v) is 3.58. The lowest BCUT2D eigenvalue weighted by atomic mass is 10.5. The largest absolute Gasteiger partial charge is 0.372 e. The Morgan fingerprint density at radius 3 is 3.11 bits per heavy atom. The van der Waals surface area contributed by atoms with E-state index in [0.717, 1.165) is 11.5 Å². The molecule has 8 nitrogen and oxygen atoms in total. The van der Waals surface area contributed by atoms with Crippen LogP contribution in [0, 0.1) is 0 Å². The van der Waals surface area contributed by atoms with E-state index in [0.29, 0.717) is 18.2 Å². The first-order valence-corrected chi connectivity index (χ1v) is 5.37. The summed E-state index contributed by atoms with van der Waals surface area (Å²) < 4.78 is 6.55. The first kappa shape index (κ1) is 10.5. The van der Waals surface area contributed by atoms with Crippen molar-refractivity contribution in [3.63, 3.8) is 0 Å². The summed E-state index contributed by atoms with van der Waals surface area (Å²) in [5, 5.41) is 9.85. The normalized spacial score (nSPS) is 10.7. The topological polar surface area (TPSA) is 93.2 Å². The van der Waals surface area contributed by atoms with Gasteiger partial charge in [0.15, 0.2) is 17.3 Å². The van der Waals surface area contributed by atoms with Crippen LogP contribution in [0.15, 0.2) is 29.5 Å². The number of rotatable bonds is 4. The van der Waals surface area contributed by atoms with Crippen molar-refractivity contribution < 1.29 is 4.52 Å². The van der Waals surface area contributed by atoms with Gasteiger partial charge in [0, 0.05) is 19.4 Å². The van der Waals surface area contributed by atoms with Crippen LogP contribution in [0.1, 0.15) is 5.82 Å². The Balaban J connectivity index is 1.92. The summed E-state index contributed by atoms with van der Waals surface area (Å²) in [4.78, 5) is 12.6. The second kappa shape index (κ2) is 4.32. The van der Waals surface area contributed by atoms with Gasteiger partial charge in [0.25, 0.3) is 0 Å². The quantitative estimate of drug-likeness (QED) is 0.701. The molecule has 0 aliphatic heterocycles. The summed E-state index contributed by atoms with van der Waals surface area (Å²) in [5.74, 6) is 1.98. The smallest absolute Gasteiger partial charge is 0.213 e. The second-order valence-electron chi connectivity index (χ2n) is 3.58. The minimum Gasteiger partial charge on any atom is -0.372 e. The van der Waals surface area contributed by atoms with Crippen molar-refractivity contribution in [1.82, 2.24) is 24.5 Å². The van der Waals surface area contributed by atoms with Crippen LogP contribution >= 0.6 is 0 Å². The molecule has 0 radical (unpaired) electrons. The van der Waals surface area contributed by atoms with Gasteiger partial charge >= 0.3 is 0 Å². The van der Waals surface area contributed by atoms with Gasteiger partial charge in [0.2, 0.25) is 6.39 Å². The third-order valence-corrected chi connectivity index (χ3v) is 2.45. The third-order valence-electron chi connectivity index (χ3n) is 2.45. The lowest BCUT2D eigenvalue weighted by Crippen LogP contribution is -2.07. The number of hydrogen-bond acceptors (Lipinski definition) is 7. The van der Waals surface area contributed by atoms with Crippen LogP contribution in [-0.4, -0.2) is 31.6 Å². The standard InChI is InChI=1S/C10H11N7O/c1-11-8-5-17-3-2-12-10(17)9(15-8)13-4-7-14-6-18-16-7/h2-3,5-6,11H,4H2,1H3,(H,13,15). The Kier molecular flexibility index (Phi) is 2.52. The lowest BCUT2D eigenvalue weighted by molar-refractivity contribution is 0.411. The van der Waals surface area contributed by atoms with Gasteiger partial charge in [-0.1, -0.05) is 5.16 Å². The molecule has 0 saturated carbocycles. The Labute approximate surface area is 102 Å². The van der Waals surface area contributed by atoms with Crippen LogP contribution in [-0.2, 0) is 6.54 Å². The van der Waals surface area contributed by atoms with E-state index in [-0.39, 0.29) is 0 Å². The van der Waals surface area contributed by atoms with Crippen LogP contribution < -0.4 is 10.6 Å². The number of nitrogens with zero attached hydrogens (tertiary/aromatic N) is 5. The molecule has 0 aliphatic carbocycles. The van der Waals surface area contributed by atoms with Gasteiger partial charge < -0.3 is 19.6 Å². The number of imidazole rings is 1. The molecule has 0 unspecified atom stereocenters. The van der Waals surface area contributed by atoms with E-state index in [2.05, 4.69) is 35.3 Å². The highest BCUT2D eigenvalue weighted by atomic mass is 16.5. The van der Waals surface area contributed by atoms with E-state index < -0.39 is 0 Å². The predicted octanol–water partition coefficient (Wildman–Crippen LogP) is 0.766. The molecular formula is C10H11N7O. The molecule has 92 valence electrons. The summed E-state index contributed by atoms with van der Waals surface area (Å²) in [5.41, 5.74) is 0.748. The van der Waals surface area contributed by atoms with Gasteiger partial charge in [-0.25, -0.2) is 9.97 Å². The molecule has 2 N–H and O–H groups in total. The molecular weight excluding hydrogens is 234 g/mol. The molecule has 0 spiro atoms. The van der Waals surface area contributed by atoms with Crippen LogP contribution in [0.2, 0.25) is 0 Å². The zero-order valence-corrected chi connectivity index (χ0v) is 9.66. The van der Waals surface area contributed by atoms with E-state index in [1.54, 1.807) is 6.20 Å². The molecule has 0 aliphatic rings. The molecule has 0 bridgehead atoms. The van der Waals surface area contributed by atoms with Crippen molar-refractivity contribution in [3.05, 3.63) is 30.8 Å². The lowest BCUT2D eigenvalue weighted by Gasteiger charge is -2.07. The van der Waals surface area contributed by atoms with E-state index >= 15 is 0 Å². The maximum Gasteiger partial charge on any atom is 0.213 e. The molecule has 0 amide bonds. The number of aromatic nitrogens is 5. The van der Waals surface area contributed by atoms with Crippen molar-refractivity contribution >= 4 is 17.3 Å². The third kappa shape index (κ3) is 1.83. The van der Waals surface area contributed by atoms with E-state index in [4.69, 9.17) is 0 Å². The Morgan fingerprint density at radius 1 is 1.39 bits per heavy atom. The van der Waals surface area contributed by atoms with Gasteiger partial charge in [0.1, 0.15) is 5.82 Å². The fourth-order valence-electron chi connectivity index (χ4n) is 1.60. The van der Waals surface area contributed by atoms with Crippen LogP contribution in [0.25, 0.3) is 5.65 Å². The molecule has 0 aromatic carbocycles. The molecule has 3 rings (SSSR count). The summed E-state index contributed by atoms with van der Waals surface area (Å²) in [6.45, 7) is 0.430.